The summed E-state index contributed by atoms with van der Waals surface area (Å²) in [6, 6.07) is 11.9. The Bertz CT molecular complexity index is 939. The normalized spacial score (nSPS) is 24.4. The van der Waals surface area contributed by atoms with Crippen LogP contribution in [0, 0.1) is 13.8 Å². The molecule has 0 unspecified atom stereocenters. The number of aromatic nitrogens is 1. The Morgan fingerprint density at radius 1 is 1.28 bits per heavy atom. The average molecular weight is 395 g/mol. The predicted molar refractivity (Wildman–Crippen MR) is 108 cm³/mol. The van der Waals surface area contributed by atoms with Crippen molar-refractivity contribution in [3.63, 3.8) is 0 Å². The number of piperidine rings is 1. The number of carboxylic acids is 1. The lowest BCUT2D eigenvalue weighted by Gasteiger charge is -2.55. The molecule has 4 rings (SSSR count). The molecule has 1 aromatic carbocycles. The first kappa shape index (κ1) is 19.4. The standard InChI is InChI=1S/C22H25N3O4/c1-14-11-18(23-15(2)20(14)21(27)28)25-10-9-22(16-7-5-4-6-8-16)17(12-25)29-13-19(26)24(22)3/h4-8,11,17H,9-10,12-13H2,1-3H3,(H,27,28)/t17-,22+/m1/s1. The van der Waals surface area contributed by atoms with Crippen LogP contribution in [0.25, 0.3) is 0 Å². The number of ether oxygens (including phenoxy) is 1. The highest BCUT2D eigenvalue weighted by Crippen LogP contribution is 2.43. The highest BCUT2D eigenvalue weighted by atomic mass is 16.5. The Hall–Kier alpha value is -2.93. The van der Waals surface area contributed by atoms with Crippen molar-refractivity contribution < 1.29 is 19.4 Å². The molecular formula is C22H25N3O4. The van der Waals surface area contributed by atoms with Crippen LogP contribution in [-0.4, -0.2) is 59.7 Å². The van der Waals surface area contributed by atoms with Gasteiger partial charge in [0.2, 0.25) is 5.91 Å². The number of morpholine rings is 1. The SMILES string of the molecule is Cc1cc(N2CC[C@]3(c4ccccc4)[C@@H](C2)OCC(=O)N3C)nc(C)c1C(=O)O. The molecule has 1 amide bonds. The van der Waals surface area contributed by atoms with Gasteiger partial charge in [-0.2, -0.15) is 0 Å². The number of nitrogens with zero attached hydrogens (tertiary/aromatic N) is 3. The highest BCUT2D eigenvalue weighted by Gasteiger charge is 2.52. The summed E-state index contributed by atoms with van der Waals surface area (Å²) in [7, 11) is 1.86. The maximum absolute atomic E-state index is 12.5. The molecule has 152 valence electrons. The van der Waals surface area contributed by atoms with E-state index >= 15 is 0 Å². The zero-order valence-corrected chi connectivity index (χ0v) is 16.9. The molecule has 0 spiro atoms. The van der Waals surface area contributed by atoms with E-state index in [4.69, 9.17) is 4.74 Å². The Morgan fingerprint density at radius 2 is 2.00 bits per heavy atom. The van der Waals surface area contributed by atoms with Gasteiger partial charge >= 0.3 is 5.97 Å². The van der Waals surface area contributed by atoms with Crippen molar-refractivity contribution in [1.29, 1.82) is 0 Å². The number of rotatable bonds is 3. The first-order chi connectivity index (χ1) is 13.8. The number of pyridine rings is 1. The first-order valence-corrected chi connectivity index (χ1v) is 9.75. The second-order valence-corrected chi connectivity index (χ2v) is 7.80. The number of anilines is 1. The molecule has 7 heteroatoms. The number of aryl methyl sites for hydroxylation is 2. The molecule has 3 heterocycles. The summed E-state index contributed by atoms with van der Waals surface area (Å²) < 4.78 is 6.04. The number of benzene rings is 1. The summed E-state index contributed by atoms with van der Waals surface area (Å²) in [5.41, 5.74) is 2.00. The van der Waals surface area contributed by atoms with Gasteiger partial charge < -0.3 is 19.6 Å². The molecule has 1 N–H and O–H groups in total. The predicted octanol–water partition coefficient (Wildman–Crippen LogP) is 2.36. The van der Waals surface area contributed by atoms with E-state index in [-0.39, 0.29) is 24.2 Å². The number of hydrogen-bond donors (Lipinski definition) is 1. The third-order valence-electron chi connectivity index (χ3n) is 6.26. The quantitative estimate of drug-likeness (QED) is 0.859. The van der Waals surface area contributed by atoms with Gasteiger partial charge in [-0.3, -0.25) is 4.79 Å². The lowest BCUT2D eigenvalue weighted by molar-refractivity contribution is -0.173. The maximum atomic E-state index is 12.5. The molecule has 0 saturated carbocycles. The number of carbonyl (C=O) groups is 2. The molecule has 1 aromatic heterocycles. The molecule has 2 aromatic rings. The first-order valence-electron chi connectivity index (χ1n) is 9.75. The molecule has 7 nitrogen and oxygen atoms in total. The van der Waals surface area contributed by atoms with Crippen LogP contribution in [-0.2, 0) is 15.1 Å². The second-order valence-electron chi connectivity index (χ2n) is 7.80. The van der Waals surface area contributed by atoms with E-state index in [9.17, 15) is 14.7 Å². The molecule has 0 bridgehead atoms. The van der Waals surface area contributed by atoms with Crippen LogP contribution in [0.4, 0.5) is 5.82 Å². The van der Waals surface area contributed by atoms with E-state index in [2.05, 4.69) is 22.0 Å². The third kappa shape index (κ3) is 3.06. The number of hydrogen-bond acceptors (Lipinski definition) is 5. The van der Waals surface area contributed by atoms with Crippen LogP contribution in [0.5, 0.6) is 0 Å². The second kappa shape index (κ2) is 7.15. The van der Waals surface area contributed by atoms with Gasteiger partial charge in [-0.1, -0.05) is 30.3 Å². The van der Waals surface area contributed by atoms with Gasteiger partial charge in [0.25, 0.3) is 0 Å². The molecule has 2 atom stereocenters. The van der Waals surface area contributed by atoms with Crippen molar-refractivity contribution >= 4 is 17.7 Å². The molecule has 2 aliphatic rings. The van der Waals surface area contributed by atoms with Crippen LogP contribution in [0.15, 0.2) is 36.4 Å². The van der Waals surface area contributed by atoms with Crippen molar-refractivity contribution in [3.8, 4) is 0 Å². The summed E-state index contributed by atoms with van der Waals surface area (Å²) >= 11 is 0. The minimum absolute atomic E-state index is 0.0193. The Morgan fingerprint density at radius 3 is 2.66 bits per heavy atom. The molecule has 2 aliphatic heterocycles. The number of likely N-dealkylation sites (N-methyl/N-ethyl adjacent to an activating group) is 1. The van der Waals surface area contributed by atoms with Crippen LogP contribution < -0.4 is 4.90 Å². The Balaban J connectivity index is 1.69. The van der Waals surface area contributed by atoms with Gasteiger partial charge in [-0.05, 0) is 37.5 Å². The van der Waals surface area contributed by atoms with E-state index < -0.39 is 11.5 Å². The fourth-order valence-corrected chi connectivity index (χ4v) is 4.73. The monoisotopic (exact) mass is 395 g/mol. The van der Waals surface area contributed by atoms with Crippen molar-refractivity contribution in [3.05, 3.63) is 58.8 Å². The van der Waals surface area contributed by atoms with Gasteiger partial charge in [0.15, 0.2) is 0 Å². The zero-order valence-electron chi connectivity index (χ0n) is 16.9. The summed E-state index contributed by atoms with van der Waals surface area (Å²) in [5, 5.41) is 9.40. The van der Waals surface area contributed by atoms with Gasteiger partial charge in [0.1, 0.15) is 18.5 Å². The van der Waals surface area contributed by atoms with E-state index in [0.29, 0.717) is 30.8 Å². The minimum atomic E-state index is -0.962. The smallest absolute Gasteiger partial charge is 0.337 e. The van der Waals surface area contributed by atoms with Gasteiger partial charge in [-0.15, -0.1) is 0 Å². The molecule has 2 fully saturated rings. The van der Waals surface area contributed by atoms with Crippen molar-refractivity contribution in [2.75, 3.05) is 31.6 Å². The van der Waals surface area contributed by atoms with E-state index in [1.807, 2.05) is 36.2 Å². The Labute approximate surface area is 169 Å². The van der Waals surface area contributed by atoms with E-state index in [0.717, 1.165) is 11.4 Å². The highest BCUT2D eigenvalue weighted by molar-refractivity contribution is 5.90. The number of carboxylic acid groups (broad SMARTS) is 1. The topological polar surface area (TPSA) is 83.0 Å². The van der Waals surface area contributed by atoms with Crippen LogP contribution in [0.2, 0.25) is 0 Å². The average Bonchev–Trinajstić information content (AvgIpc) is 2.70. The van der Waals surface area contributed by atoms with Crippen molar-refractivity contribution in [2.24, 2.45) is 0 Å². The molecule has 0 radical (unpaired) electrons. The summed E-state index contributed by atoms with van der Waals surface area (Å²) in [6.07, 6.45) is 0.493. The number of amides is 1. The number of carbonyl (C=O) groups excluding carboxylic acids is 1. The summed E-state index contributed by atoms with van der Waals surface area (Å²) in [4.78, 5) is 32.5. The van der Waals surface area contributed by atoms with Crippen LogP contribution in [0.3, 0.4) is 0 Å². The van der Waals surface area contributed by atoms with Gasteiger partial charge in [0, 0.05) is 20.1 Å². The zero-order chi connectivity index (χ0) is 20.8. The summed E-state index contributed by atoms with van der Waals surface area (Å²) in [6.45, 7) is 4.84. The Kier molecular flexibility index (Phi) is 4.78. The number of fused-ring (bicyclic) bond motifs is 1. The minimum Gasteiger partial charge on any atom is -0.478 e. The fraction of sp³-hybridized carbons (Fsp3) is 0.409. The maximum Gasteiger partial charge on any atom is 0.337 e. The van der Waals surface area contributed by atoms with Crippen molar-refractivity contribution in [1.82, 2.24) is 9.88 Å². The molecule has 29 heavy (non-hydrogen) atoms. The number of aromatic carboxylic acids is 1. The van der Waals surface area contributed by atoms with Crippen LogP contribution in [0.1, 0.15) is 33.6 Å². The lowest BCUT2D eigenvalue weighted by atomic mass is 9.76. The van der Waals surface area contributed by atoms with E-state index in [1.165, 1.54) is 0 Å². The van der Waals surface area contributed by atoms with Crippen molar-refractivity contribution in [2.45, 2.75) is 31.9 Å². The van der Waals surface area contributed by atoms with E-state index in [1.54, 1.807) is 13.8 Å². The van der Waals surface area contributed by atoms with Gasteiger partial charge in [-0.25, -0.2) is 9.78 Å². The van der Waals surface area contributed by atoms with Gasteiger partial charge in [0.05, 0.1) is 16.8 Å². The third-order valence-corrected chi connectivity index (χ3v) is 6.26. The molecular weight excluding hydrogens is 370 g/mol. The van der Waals surface area contributed by atoms with Crippen LogP contribution >= 0.6 is 0 Å². The lowest BCUT2D eigenvalue weighted by Crippen LogP contribution is -2.67. The fourth-order valence-electron chi connectivity index (χ4n) is 4.73. The molecule has 0 aliphatic carbocycles. The summed E-state index contributed by atoms with van der Waals surface area (Å²) in [5.74, 6) is -0.236. The molecule has 2 saturated heterocycles. The largest absolute Gasteiger partial charge is 0.478 e.